The topological polar surface area (TPSA) is 59.2 Å². The van der Waals surface area contributed by atoms with Crippen LogP contribution in [-0.2, 0) is 11.2 Å². The van der Waals surface area contributed by atoms with Crippen LogP contribution >= 0.6 is 11.3 Å². The Morgan fingerprint density at radius 3 is 2.92 bits per heavy atom. The van der Waals surface area contributed by atoms with E-state index in [1.54, 1.807) is 11.3 Å². The molecule has 136 valence electrons. The van der Waals surface area contributed by atoms with Crippen LogP contribution in [0.25, 0.3) is 10.2 Å². The molecule has 1 aliphatic heterocycles. The maximum Gasteiger partial charge on any atom is 0.223 e. The summed E-state index contributed by atoms with van der Waals surface area (Å²) in [6.45, 7) is 4.66. The van der Waals surface area contributed by atoms with Crippen molar-refractivity contribution in [3.8, 4) is 0 Å². The fourth-order valence-electron chi connectivity index (χ4n) is 3.75. The summed E-state index contributed by atoms with van der Waals surface area (Å²) in [7, 11) is 0. The molecule has 6 heteroatoms. The van der Waals surface area contributed by atoms with Gasteiger partial charge >= 0.3 is 0 Å². The predicted octanol–water partition coefficient (Wildman–Crippen LogP) is 4.59. The highest BCUT2D eigenvalue weighted by atomic mass is 32.1. The third-order valence-electron chi connectivity index (χ3n) is 5.19. The minimum absolute atomic E-state index is 0.110. The Morgan fingerprint density at radius 2 is 2.15 bits per heavy atom. The number of benzene rings is 1. The lowest BCUT2D eigenvalue weighted by molar-refractivity contribution is -0.135. The predicted molar refractivity (Wildman–Crippen MR) is 102 cm³/mol. The molecular weight excluding hydrogens is 346 g/mol. The number of amides is 1. The molecule has 26 heavy (non-hydrogen) atoms. The molecule has 0 N–H and O–H groups in total. The van der Waals surface area contributed by atoms with Crippen LogP contribution in [0, 0.1) is 13.8 Å². The van der Waals surface area contributed by atoms with Crippen molar-refractivity contribution in [2.45, 2.75) is 52.0 Å². The van der Waals surface area contributed by atoms with E-state index in [1.807, 2.05) is 36.9 Å². The van der Waals surface area contributed by atoms with E-state index >= 15 is 0 Å². The minimum atomic E-state index is 0.110. The van der Waals surface area contributed by atoms with Crippen LogP contribution in [-0.4, -0.2) is 27.5 Å². The maximum absolute atomic E-state index is 13.0. The van der Waals surface area contributed by atoms with E-state index in [0.717, 1.165) is 53.3 Å². The van der Waals surface area contributed by atoms with Crippen molar-refractivity contribution in [2.75, 3.05) is 6.54 Å². The van der Waals surface area contributed by atoms with Crippen molar-refractivity contribution in [2.24, 2.45) is 0 Å². The second kappa shape index (κ2) is 7.19. The van der Waals surface area contributed by atoms with Crippen LogP contribution in [0.15, 0.2) is 28.8 Å². The Hall–Kier alpha value is -2.21. The van der Waals surface area contributed by atoms with Crippen molar-refractivity contribution in [3.63, 3.8) is 0 Å². The van der Waals surface area contributed by atoms with Gasteiger partial charge in [0.15, 0.2) is 0 Å². The number of fused-ring (bicyclic) bond motifs is 1. The van der Waals surface area contributed by atoms with Gasteiger partial charge in [0.05, 0.1) is 22.0 Å². The number of nitrogens with zero attached hydrogens (tertiary/aromatic N) is 3. The SMILES string of the molecule is Cc1noc(C)c1CCC(=O)N1CCCC[C@H]1c1nc2ccccc2s1. The number of carbonyl (C=O) groups excluding carboxylic acids is 1. The van der Waals surface area contributed by atoms with Crippen LogP contribution in [0.3, 0.4) is 0 Å². The van der Waals surface area contributed by atoms with Crippen LogP contribution in [0.1, 0.15) is 53.8 Å². The van der Waals surface area contributed by atoms with Gasteiger partial charge in [0.2, 0.25) is 5.91 Å². The number of rotatable bonds is 4. The molecule has 1 aliphatic rings. The van der Waals surface area contributed by atoms with Crippen LogP contribution in [0.2, 0.25) is 0 Å². The Bertz CT molecular complexity index is 878. The number of aryl methyl sites for hydroxylation is 2. The first-order valence-corrected chi connectivity index (χ1v) is 10.0. The summed E-state index contributed by atoms with van der Waals surface area (Å²) in [6.07, 6.45) is 4.39. The highest BCUT2D eigenvalue weighted by Crippen LogP contribution is 2.36. The number of hydrogen-bond donors (Lipinski definition) is 0. The first-order chi connectivity index (χ1) is 12.6. The molecule has 0 spiro atoms. The van der Waals surface area contributed by atoms with Crippen LogP contribution in [0.4, 0.5) is 0 Å². The van der Waals surface area contributed by atoms with Crippen molar-refractivity contribution in [3.05, 3.63) is 46.3 Å². The number of para-hydroxylation sites is 1. The van der Waals surface area contributed by atoms with Gasteiger partial charge in [-0.25, -0.2) is 4.98 Å². The molecule has 3 heterocycles. The summed E-state index contributed by atoms with van der Waals surface area (Å²) in [5, 5.41) is 5.05. The van der Waals surface area contributed by atoms with E-state index in [0.29, 0.717) is 12.8 Å². The van der Waals surface area contributed by atoms with Gasteiger partial charge in [-0.3, -0.25) is 4.79 Å². The first kappa shape index (κ1) is 17.2. The molecule has 2 aromatic heterocycles. The lowest BCUT2D eigenvalue weighted by atomic mass is 10.0. The number of carbonyl (C=O) groups is 1. The third-order valence-corrected chi connectivity index (χ3v) is 6.33. The van der Waals surface area contributed by atoms with E-state index in [1.165, 1.54) is 4.70 Å². The Balaban J connectivity index is 1.52. The largest absolute Gasteiger partial charge is 0.361 e. The molecule has 1 atom stereocenters. The lowest BCUT2D eigenvalue weighted by Crippen LogP contribution is -2.38. The molecule has 1 amide bonds. The molecule has 0 bridgehead atoms. The normalized spacial score (nSPS) is 17.8. The summed E-state index contributed by atoms with van der Waals surface area (Å²) in [4.78, 5) is 19.8. The fourth-order valence-corrected chi connectivity index (χ4v) is 4.87. The molecule has 1 saturated heterocycles. The number of hydrogen-bond acceptors (Lipinski definition) is 5. The van der Waals surface area contributed by atoms with E-state index in [-0.39, 0.29) is 11.9 Å². The fraction of sp³-hybridized carbons (Fsp3) is 0.450. The van der Waals surface area contributed by atoms with Gasteiger partial charge < -0.3 is 9.42 Å². The van der Waals surface area contributed by atoms with Crippen molar-refractivity contribution in [1.82, 2.24) is 15.0 Å². The zero-order valence-corrected chi connectivity index (χ0v) is 16.0. The van der Waals surface area contributed by atoms with Gasteiger partial charge in [0.25, 0.3) is 0 Å². The van der Waals surface area contributed by atoms with E-state index in [2.05, 4.69) is 11.2 Å². The molecule has 0 saturated carbocycles. The first-order valence-electron chi connectivity index (χ1n) is 9.20. The van der Waals surface area contributed by atoms with Gasteiger partial charge in [-0.2, -0.15) is 0 Å². The molecule has 1 fully saturated rings. The molecule has 0 unspecified atom stereocenters. The Labute approximate surface area is 157 Å². The number of thiazole rings is 1. The van der Waals surface area contributed by atoms with Gasteiger partial charge in [-0.1, -0.05) is 17.3 Å². The smallest absolute Gasteiger partial charge is 0.223 e. The maximum atomic E-state index is 13.0. The minimum Gasteiger partial charge on any atom is -0.361 e. The number of likely N-dealkylation sites (tertiary alicyclic amines) is 1. The summed E-state index contributed by atoms with van der Waals surface area (Å²) < 4.78 is 6.40. The average molecular weight is 369 g/mol. The highest BCUT2D eigenvalue weighted by molar-refractivity contribution is 7.18. The Morgan fingerprint density at radius 1 is 1.31 bits per heavy atom. The molecule has 5 nitrogen and oxygen atoms in total. The quantitative estimate of drug-likeness (QED) is 0.675. The molecule has 0 radical (unpaired) electrons. The van der Waals surface area contributed by atoms with Gasteiger partial charge in [-0.05, 0) is 51.7 Å². The van der Waals surface area contributed by atoms with Gasteiger partial charge in [0.1, 0.15) is 10.8 Å². The lowest BCUT2D eigenvalue weighted by Gasteiger charge is -2.34. The number of aromatic nitrogens is 2. The van der Waals surface area contributed by atoms with Crippen molar-refractivity contribution < 1.29 is 9.32 Å². The van der Waals surface area contributed by atoms with Gasteiger partial charge in [0, 0.05) is 18.5 Å². The van der Waals surface area contributed by atoms with Crippen LogP contribution < -0.4 is 0 Å². The molecule has 0 aliphatic carbocycles. The second-order valence-electron chi connectivity index (χ2n) is 6.92. The zero-order valence-electron chi connectivity index (χ0n) is 15.2. The zero-order chi connectivity index (χ0) is 18.1. The number of piperidine rings is 1. The van der Waals surface area contributed by atoms with E-state index < -0.39 is 0 Å². The van der Waals surface area contributed by atoms with Crippen LogP contribution in [0.5, 0.6) is 0 Å². The highest BCUT2D eigenvalue weighted by Gasteiger charge is 2.30. The van der Waals surface area contributed by atoms with Crippen molar-refractivity contribution >= 4 is 27.5 Å². The van der Waals surface area contributed by atoms with Gasteiger partial charge in [-0.15, -0.1) is 11.3 Å². The van der Waals surface area contributed by atoms with E-state index in [9.17, 15) is 4.79 Å². The van der Waals surface area contributed by atoms with Crippen molar-refractivity contribution in [1.29, 1.82) is 0 Å². The molecule has 3 aromatic rings. The second-order valence-corrected chi connectivity index (χ2v) is 7.98. The standard InChI is InChI=1S/C20H23N3O2S/c1-13-15(14(2)25-22-13)10-11-19(24)23-12-6-5-8-17(23)20-21-16-7-3-4-9-18(16)26-20/h3-4,7,9,17H,5-6,8,10-12H2,1-2H3/t17-/m0/s1. The summed E-state index contributed by atoms with van der Waals surface area (Å²) in [5.74, 6) is 1.02. The Kier molecular flexibility index (Phi) is 4.76. The molecule has 1 aromatic carbocycles. The molecule has 4 rings (SSSR count). The summed E-state index contributed by atoms with van der Waals surface area (Å²) in [6, 6.07) is 8.31. The average Bonchev–Trinajstić information content (AvgIpc) is 3.23. The summed E-state index contributed by atoms with van der Waals surface area (Å²) >= 11 is 1.72. The molecular formula is C20H23N3O2S. The van der Waals surface area contributed by atoms with E-state index in [4.69, 9.17) is 9.51 Å². The third kappa shape index (κ3) is 3.26. The summed E-state index contributed by atoms with van der Waals surface area (Å²) in [5.41, 5.74) is 2.98. The monoisotopic (exact) mass is 369 g/mol.